The first-order chi connectivity index (χ1) is 13.6. The predicted molar refractivity (Wildman–Crippen MR) is 106 cm³/mol. The minimum atomic E-state index is -0.764. The number of rotatable bonds is 3. The van der Waals surface area contributed by atoms with Crippen molar-refractivity contribution in [1.29, 1.82) is 0 Å². The summed E-state index contributed by atoms with van der Waals surface area (Å²) in [4.78, 5) is 50.6. The highest BCUT2D eigenvalue weighted by Crippen LogP contribution is 2.39. The lowest BCUT2D eigenvalue weighted by atomic mass is 9.74. The van der Waals surface area contributed by atoms with Crippen LogP contribution < -0.4 is 5.32 Å². The Balaban J connectivity index is 1.62. The van der Waals surface area contributed by atoms with Crippen LogP contribution in [0.2, 0.25) is 0 Å². The minimum absolute atomic E-state index is 0.0861. The standard InChI is InChI=1S/C22H28N2O5/c1-21(2,3)29-19(27)16-8-6-15(7-9-16)14-24-12-11-22(13-18(24)26)10-4-5-17(25)23-20(22)28/h6-9H,4-5,10-14H2,1-3H3,(H,23,25,28). The average molecular weight is 400 g/mol. The van der Waals surface area contributed by atoms with Gasteiger partial charge in [0, 0.05) is 25.9 Å². The van der Waals surface area contributed by atoms with E-state index < -0.39 is 11.0 Å². The summed E-state index contributed by atoms with van der Waals surface area (Å²) in [6.45, 7) is 6.34. The van der Waals surface area contributed by atoms with Crippen molar-refractivity contribution in [3.8, 4) is 0 Å². The molecule has 2 saturated heterocycles. The summed E-state index contributed by atoms with van der Waals surface area (Å²) in [5.74, 6) is -1.03. The van der Waals surface area contributed by atoms with Crippen LogP contribution in [0.4, 0.5) is 0 Å². The minimum Gasteiger partial charge on any atom is -0.456 e. The number of imide groups is 1. The Labute approximate surface area is 170 Å². The van der Waals surface area contributed by atoms with Crippen molar-refractivity contribution in [3.05, 3.63) is 35.4 Å². The molecule has 0 bridgehead atoms. The first-order valence-corrected chi connectivity index (χ1v) is 10.0. The van der Waals surface area contributed by atoms with E-state index in [1.165, 1.54) is 0 Å². The molecule has 1 aromatic carbocycles. The predicted octanol–water partition coefficient (Wildman–Crippen LogP) is 2.58. The monoisotopic (exact) mass is 400 g/mol. The summed E-state index contributed by atoms with van der Waals surface area (Å²) in [5.41, 5.74) is 0.0516. The summed E-state index contributed by atoms with van der Waals surface area (Å²) < 4.78 is 5.36. The first kappa shape index (κ1) is 21.0. The van der Waals surface area contributed by atoms with Crippen LogP contribution in [0.25, 0.3) is 0 Å². The number of esters is 1. The zero-order valence-electron chi connectivity index (χ0n) is 17.2. The zero-order chi connectivity index (χ0) is 21.2. The Morgan fingerprint density at radius 2 is 1.83 bits per heavy atom. The fourth-order valence-electron chi connectivity index (χ4n) is 3.86. The Hall–Kier alpha value is -2.70. The Morgan fingerprint density at radius 3 is 2.45 bits per heavy atom. The second-order valence-corrected chi connectivity index (χ2v) is 8.95. The molecule has 1 unspecified atom stereocenters. The normalized spacial score (nSPS) is 23.0. The van der Waals surface area contributed by atoms with E-state index in [1.54, 1.807) is 17.0 Å². The van der Waals surface area contributed by atoms with Crippen LogP contribution in [0, 0.1) is 5.41 Å². The van der Waals surface area contributed by atoms with Crippen molar-refractivity contribution in [3.63, 3.8) is 0 Å². The van der Waals surface area contributed by atoms with E-state index in [2.05, 4.69) is 5.32 Å². The number of nitrogens with one attached hydrogen (secondary N) is 1. The maximum Gasteiger partial charge on any atom is 0.338 e. The number of amides is 3. The van der Waals surface area contributed by atoms with E-state index in [4.69, 9.17) is 4.74 Å². The molecule has 3 rings (SSSR count). The van der Waals surface area contributed by atoms with E-state index in [0.29, 0.717) is 44.3 Å². The Morgan fingerprint density at radius 1 is 1.14 bits per heavy atom. The van der Waals surface area contributed by atoms with Gasteiger partial charge >= 0.3 is 5.97 Å². The van der Waals surface area contributed by atoms with Gasteiger partial charge in [0.05, 0.1) is 11.0 Å². The van der Waals surface area contributed by atoms with Gasteiger partial charge in [-0.15, -0.1) is 0 Å². The second-order valence-electron chi connectivity index (χ2n) is 8.95. The molecule has 3 amide bonds. The molecule has 1 atom stereocenters. The molecule has 0 saturated carbocycles. The van der Waals surface area contributed by atoms with Crippen molar-refractivity contribution in [2.45, 2.75) is 65.0 Å². The van der Waals surface area contributed by atoms with Crippen molar-refractivity contribution >= 4 is 23.7 Å². The van der Waals surface area contributed by atoms with Crippen LogP contribution >= 0.6 is 0 Å². The third-order valence-corrected chi connectivity index (χ3v) is 5.46. The first-order valence-electron chi connectivity index (χ1n) is 10.0. The lowest BCUT2D eigenvalue weighted by Gasteiger charge is -2.39. The van der Waals surface area contributed by atoms with Gasteiger partial charge in [-0.3, -0.25) is 19.7 Å². The number of carbonyl (C=O) groups excluding carboxylic acids is 4. The highest BCUT2D eigenvalue weighted by Gasteiger charge is 2.46. The van der Waals surface area contributed by atoms with Crippen LogP contribution in [0.3, 0.4) is 0 Å². The van der Waals surface area contributed by atoms with Gasteiger partial charge < -0.3 is 9.64 Å². The molecule has 29 heavy (non-hydrogen) atoms. The Kier molecular flexibility index (Phi) is 5.78. The molecule has 2 aliphatic rings. The Bertz CT molecular complexity index is 825. The van der Waals surface area contributed by atoms with Gasteiger partial charge in [-0.1, -0.05) is 12.1 Å². The summed E-state index contributed by atoms with van der Waals surface area (Å²) in [6.07, 6.45) is 2.19. The maximum absolute atomic E-state index is 12.7. The van der Waals surface area contributed by atoms with Crippen LogP contribution in [-0.2, 0) is 25.7 Å². The summed E-state index contributed by atoms with van der Waals surface area (Å²) in [7, 11) is 0. The summed E-state index contributed by atoms with van der Waals surface area (Å²) in [6, 6.07) is 7.02. The lowest BCUT2D eigenvalue weighted by molar-refractivity contribution is -0.148. The molecule has 0 radical (unpaired) electrons. The third-order valence-electron chi connectivity index (χ3n) is 5.46. The number of hydrogen-bond donors (Lipinski definition) is 1. The van der Waals surface area contributed by atoms with E-state index in [0.717, 1.165) is 5.56 Å². The molecule has 2 heterocycles. The fourth-order valence-corrected chi connectivity index (χ4v) is 3.86. The summed E-state index contributed by atoms with van der Waals surface area (Å²) in [5, 5.41) is 2.43. The lowest BCUT2D eigenvalue weighted by Crippen LogP contribution is -2.50. The van der Waals surface area contributed by atoms with E-state index in [9.17, 15) is 19.2 Å². The smallest absolute Gasteiger partial charge is 0.338 e. The second kappa shape index (κ2) is 7.97. The largest absolute Gasteiger partial charge is 0.456 e. The number of likely N-dealkylation sites (tertiary alicyclic amines) is 1. The highest BCUT2D eigenvalue weighted by molar-refractivity contribution is 6.01. The van der Waals surface area contributed by atoms with Crippen molar-refractivity contribution in [2.24, 2.45) is 5.41 Å². The molecule has 7 nitrogen and oxygen atoms in total. The molecular weight excluding hydrogens is 372 g/mol. The molecular formula is C22H28N2O5. The van der Waals surface area contributed by atoms with E-state index in [-0.39, 0.29) is 30.1 Å². The number of ether oxygens (including phenoxy) is 1. The van der Waals surface area contributed by atoms with Crippen LogP contribution in [0.1, 0.15) is 68.8 Å². The number of nitrogens with zero attached hydrogens (tertiary/aromatic N) is 1. The van der Waals surface area contributed by atoms with Crippen LogP contribution in [0.5, 0.6) is 0 Å². The molecule has 0 aromatic heterocycles. The zero-order valence-corrected chi connectivity index (χ0v) is 17.2. The van der Waals surface area contributed by atoms with Crippen molar-refractivity contribution in [2.75, 3.05) is 6.54 Å². The van der Waals surface area contributed by atoms with E-state index >= 15 is 0 Å². The van der Waals surface area contributed by atoms with E-state index in [1.807, 2.05) is 32.9 Å². The number of carbonyl (C=O) groups is 4. The summed E-state index contributed by atoms with van der Waals surface area (Å²) >= 11 is 0. The van der Waals surface area contributed by atoms with Gasteiger partial charge in [-0.2, -0.15) is 0 Å². The van der Waals surface area contributed by atoms with Gasteiger partial charge in [0.1, 0.15) is 5.60 Å². The number of benzene rings is 1. The molecule has 1 N–H and O–H groups in total. The van der Waals surface area contributed by atoms with Crippen LogP contribution in [0.15, 0.2) is 24.3 Å². The van der Waals surface area contributed by atoms with Gasteiger partial charge in [-0.05, 0) is 57.7 Å². The molecule has 1 spiro atoms. The SMILES string of the molecule is CC(C)(C)OC(=O)c1ccc(CN2CCC3(CCCC(=O)NC3=O)CC2=O)cc1. The van der Waals surface area contributed by atoms with Gasteiger partial charge in [0.2, 0.25) is 17.7 Å². The van der Waals surface area contributed by atoms with Crippen molar-refractivity contribution in [1.82, 2.24) is 10.2 Å². The molecule has 2 aliphatic heterocycles. The molecule has 2 fully saturated rings. The van der Waals surface area contributed by atoms with Gasteiger partial charge in [0.25, 0.3) is 0 Å². The van der Waals surface area contributed by atoms with Crippen LogP contribution in [-0.4, -0.2) is 40.7 Å². The third kappa shape index (κ3) is 5.02. The number of hydrogen-bond acceptors (Lipinski definition) is 5. The quantitative estimate of drug-likeness (QED) is 0.622. The van der Waals surface area contributed by atoms with Crippen molar-refractivity contribution < 1.29 is 23.9 Å². The average Bonchev–Trinajstić information content (AvgIpc) is 2.75. The van der Waals surface area contributed by atoms with Gasteiger partial charge in [-0.25, -0.2) is 4.79 Å². The fraction of sp³-hybridized carbons (Fsp3) is 0.545. The molecule has 0 aliphatic carbocycles. The molecule has 156 valence electrons. The molecule has 7 heteroatoms. The highest BCUT2D eigenvalue weighted by atomic mass is 16.6. The number of piperidine rings is 1. The molecule has 1 aromatic rings. The maximum atomic E-state index is 12.7. The van der Waals surface area contributed by atoms with Gasteiger partial charge in [0.15, 0.2) is 0 Å². The topological polar surface area (TPSA) is 92.8 Å².